The van der Waals surface area contributed by atoms with Crippen LogP contribution in [-0.2, 0) is 10.0 Å². The van der Waals surface area contributed by atoms with Gasteiger partial charge < -0.3 is 25.0 Å². The first-order chi connectivity index (χ1) is 15.3. The smallest absolute Gasteiger partial charge is 0.319 e. The molecule has 0 bridgehead atoms. The fourth-order valence-electron chi connectivity index (χ4n) is 3.53. The van der Waals surface area contributed by atoms with E-state index in [0.29, 0.717) is 43.4 Å². The minimum Gasteiger partial charge on any atom is -0.497 e. The number of benzene rings is 2. The summed E-state index contributed by atoms with van der Waals surface area (Å²) in [7, 11) is -0.427. The van der Waals surface area contributed by atoms with Crippen LogP contribution in [0.15, 0.2) is 42.5 Å². The maximum atomic E-state index is 12.7. The van der Waals surface area contributed by atoms with Gasteiger partial charge in [0.1, 0.15) is 11.5 Å². The molecule has 1 heterocycles. The lowest BCUT2D eigenvalue weighted by Crippen LogP contribution is -2.50. The highest BCUT2D eigenvalue weighted by atomic mass is 32.2. The van der Waals surface area contributed by atoms with Crippen molar-refractivity contribution >= 4 is 27.4 Å². The molecule has 2 aromatic rings. The zero-order valence-electron chi connectivity index (χ0n) is 18.6. The number of piperazine rings is 1. The molecule has 0 unspecified atom stereocenters. The molecule has 32 heavy (non-hydrogen) atoms. The number of ether oxygens (including phenoxy) is 2. The van der Waals surface area contributed by atoms with Crippen molar-refractivity contribution in [1.29, 1.82) is 0 Å². The van der Waals surface area contributed by atoms with E-state index in [-0.39, 0.29) is 12.3 Å². The fourth-order valence-corrected chi connectivity index (χ4v) is 4.86. The molecule has 0 atom stereocenters. The van der Waals surface area contributed by atoms with E-state index in [1.807, 2.05) is 25.1 Å². The number of nitrogens with zero attached hydrogens (tertiary/aromatic N) is 2. The molecule has 10 heteroatoms. The van der Waals surface area contributed by atoms with Crippen LogP contribution in [0.1, 0.15) is 5.56 Å². The quantitative estimate of drug-likeness (QED) is 0.624. The number of nitrogens with one attached hydrogen (secondary N) is 2. The van der Waals surface area contributed by atoms with Gasteiger partial charge in [-0.2, -0.15) is 4.31 Å². The van der Waals surface area contributed by atoms with Crippen molar-refractivity contribution in [2.75, 3.05) is 62.9 Å². The maximum absolute atomic E-state index is 12.7. The molecular weight excluding hydrogens is 432 g/mol. The number of carbonyl (C=O) groups excluding carboxylic acids is 1. The minimum absolute atomic E-state index is 0.00731. The Bertz CT molecular complexity index is 1010. The summed E-state index contributed by atoms with van der Waals surface area (Å²) in [6.45, 7) is 4.16. The SMILES string of the molecule is COc1cc(NC(=O)NCCS(=O)(=O)N2CCN(c3cccc(C)c3)CC2)cc(OC)c1. The van der Waals surface area contributed by atoms with Crippen molar-refractivity contribution < 1.29 is 22.7 Å². The van der Waals surface area contributed by atoms with Crippen molar-refractivity contribution in [1.82, 2.24) is 9.62 Å². The van der Waals surface area contributed by atoms with Crippen LogP contribution in [0.5, 0.6) is 11.5 Å². The second kappa shape index (κ2) is 10.6. The van der Waals surface area contributed by atoms with Gasteiger partial charge in [0.05, 0.1) is 20.0 Å². The summed E-state index contributed by atoms with van der Waals surface area (Å²) in [5.41, 5.74) is 2.76. The summed E-state index contributed by atoms with van der Waals surface area (Å²) in [6, 6.07) is 12.7. The molecular formula is C22H30N4O5S. The van der Waals surface area contributed by atoms with Crippen LogP contribution >= 0.6 is 0 Å². The summed E-state index contributed by atoms with van der Waals surface area (Å²) >= 11 is 0. The number of anilines is 2. The molecule has 1 aliphatic rings. The van der Waals surface area contributed by atoms with Gasteiger partial charge in [-0.25, -0.2) is 13.2 Å². The summed E-state index contributed by atoms with van der Waals surface area (Å²) in [6.07, 6.45) is 0. The zero-order valence-corrected chi connectivity index (χ0v) is 19.4. The van der Waals surface area contributed by atoms with Crippen LogP contribution < -0.4 is 25.0 Å². The standard InChI is InChI=1S/C22H30N4O5S/c1-17-5-4-6-19(13-17)25-8-10-26(11-9-25)32(28,29)12-7-23-22(27)24-18-14-20(30-2)16-21(15-18)31-3/h4-6,13-16H,7-12H2,1-3H3,(H2,23,24,27). The average molecular weight is 463 g/mol. The molecule has 3 rings (SSSR count). The van der Waals surface area contributed by atoms with Gasteiger partial charge in [0.25, 0.3) is 0 Å². The van der Waals surface area contributed by atoms with Crippen LogP contribution in [0.2, 0.25) is 0 Å². The van der Waals surface area contributed by atoms with E-state index in [9.17, 15) is 13.2 Å². The number of rotatable bonds is 8. The van der Waals surface area contributed by atoms with Gasteiger partial charge in [-0.3, -0.25) is 0 Å². The Morgan fingerprint density at radius 3 is 2.25 bits per heavy atom. The Kier molecular flexibility index (Phi) is 7.81. The van der Waals surface area contributed by atoms with Crippen molar-refractivity contribution in [3.63, 3.8) is 0 Å². The number of carbonyl (C=O) groups is 1. The Balaban J connectivity index is 1.47. The third-order valence-electron chi connectivity index (χ3n) is 5.25. The lowest BCUT2D eigenvalue weighted by Gasteiger charge is -2.35. The Labute approximate surface area is 189 Å². The zero-order chi connectivity index (χ0) is 23.1. The molecule has 1 saturated heterocycles. The molecule has 1 fully saturated rings. The average Bonchev–Trinajstić information content (AvgIpc) is 2.78. The number of sulfonamides is 1. The molecule has 0 aliphatic carbocycles. The normalized spacial score (nSPS) is 14.7. The Morgan fingerprint density at radius 1 is 1.00 bits per heavy atom. The second-order valence-electron chi connectivity index (χ2n) is 7.52. The van der Waals surface area contributed by atoms with E-state index in [2.05, 4.69) is 21.6 Å². The number of aryl methyl sites for hydroxylation is 1. The molecule has 2 amide bonds. The number of amides is 2. The van der Waals surface area contributed by atoms with E-state index < -0.39 is 16.1 Å². The minimum atomic E-state index is -3.46. The van der Waals surface area contributed by atoms with E-state index >= 15 is 0 Å². The molecule has 9 nitrogen and oxygen atoms in total. The topological polar surface area (TPSA) is 100 Å². The summed E-state index contributed by atoms with van der Waals surface area (Å²) in [5.74, 6) is 0.908. The van der Waals surface area contributed by atoms with Crippen LogP contribution in [0.3, 0.4) is 0 Å². The maximum Gasteiger partial charge on any atom is 0.319 e. The molecule has 2 N–H and O–H groups in total. The van der Waals surface area contributed by atoms with Gasteiger partial charge in [-0.15, -0.1) is 0 Å². The van der Waals surface area contributed by atoms with E-state index in [1.165, 1.54) is 24.1 Å². The van der Waals surface area contributed by atoms with Crippen LogP contribution in [0.4, 0.5) is 16.2 Å². The number of methoxy groups -OCH3 is 2. The van der Waals surface area contributed by atoms with Crippen LogP contribution in [-0.4, -0.2) is 71.5 Å². The van der Waals surface area contributed by atoms with Crippen molar-refractivity contribution in [2.45, 2.75) is 6.92 Å². The molecule has 174 valence electrons. The first-order valence-corrected chi connectivity index (χ1v) is 12.0. The van der Waals surface area contributed by atoms with E-state index in [0.717, 1.165) is 5.69 Å². The molecule has 0 radical (unpaired) electrons. The largest absolute Gasteiger partial charge is 0.497 e. The summed E-state index contributed by atoms with van der Waals surface area (Å²) in [4.78, 5) is 14.4. The number of urea groups is 1. The summed E-state index contributed by atoms with van der Waals surface area (Å²) < 4.78 is 37.2. The number of hydrogen-bond donors (Lipinski definition) is 2. The highest BCUT2D eigenvalue weighted by Crippen LogP contribution is 2.25. The third-order valence-corrected chi connectivity index (χ3v) is 7.13. The lowest BCUT2D eigenvalue weighted by atomic mass is 10.2. The summed E-state index contributed by atoms with van der Waals surface area (Å²) in [5, 5.41) is 5.25. The molecule has 2 aromatic carbocycles. The van der Waals surface area contributed by atoms with Gasteiger partial charge in [0.15, 0.2) is 0 Å². The monoisotopic (exact) mass is 462 g/mol. The van der Waals surface area contributed by atoms with Gasteiger partial charge in [-0.05, 0) is 24.6 Å². The van der Waals surface area contributed by atoms with Gasteiger partial charge in [0.2, 0.25) is 10.0 Å². The fraction of sp³-hybridized carbons (Fsp3) is 0.409. The van der Waals surface area contributed by atoms with Gasteiger partial charge >= 0.3 is 6.03 Å². The van der Waals surface area contributed by atoms with Crippen LogP contribution in [0.25, 0.3) is 0 Å². The van der Waals surface area contributed by atoms with Crippen molar-refractivity contribution in [3.8, 4) is 11.5 Å². The molecule has 1 aliphatic heterocycles. The predicted molar refractivity (Wildman–Crippen MR) is 125 cm³/mol. The first kappa shape index (κ1) is 23.7. The molecule has 0 aromatic heterocycles. The Morgan fingerprint density at radius 2 is 1.66 bits per heavy atom. The van der Waals surface area contributed by atoms with E-state index in [4.69, 9.17) is 9.47 Å². The second-order valence-corrected chi connectivity index (χ2v) is 9.61. The van der Waals surface area contributed by atoms with Gasteiger partial charge in [-0.1, -0.05) is 12.1 Å². The lowest BCUT2D eigenvalue weighted by molar-refractivity contribution is 0.252. The third kappa shape index (κ3) is 6.27. The molecule has 0 saturated carbocycles. The van der Waals surface area contributed by atoms with Gasteiger partial charge in [0, 0.05) is 62.3 Å². The van der Waals surface area contributed by atoms with Crippen LogP contribution in [0, 0.1) is 6.92 Å². The van der Waals surface area contributed by atoms with Crippen molar-refractivity contribution in [2.24, 2.45) is 0 Å². The Hall–Kier alpha value is -2.98. The van der Waals surface area contributed by atoms with Crippen molar-refractivity contribution in [3.05, 3.63) is 48.0 Å². The highest BCUT2D eigenvalue weighted by molar-refractivity contribution is 7.89. The predicted octanol–water partition coefficient (Wildman–Crippen LogP) is 2.29. The molecule has 0 spiro atoms. The number of hydrogen-bond acceptors (Lipinski definition) is 6. The highest BCUT2D eigenvalue weighted by Gasteiger charge is 2.26. The van der Waals surface area contributed by atoms with E-state index in [1.54, 1.807) is 18.2 Å². The first-order valence-electron chi connectivity index (χ1n) is 10.4.